The SMILES string of the molecule is Cc1ccc(CNC(=O)CSc2nnc(-c3cccc(S(=O)(=O)N4CCCCC4)c3)o2)cc1. The summed E-state index contributed by atoms with van der Waals surface area (Å²) in [5, 5.41) is 11.1. The predicted molar refractivity (Wildman–Crippen MR) is 126 cm³/mol. The van der Waals surface area contributed by atoms with Crippen LogP contribution in [0.2, 0.25) is 0 Å². The van der Waals surface area contributed by atoms with Gasteiger partial charge in [-0.25, -0.2) is 8.42 Å². The number of carbonyl (C=O) groups is 1. The Balaban J connectivity index is 1.35. The number of carbonyl (C=O) groups excluding carboxylic acids is 1. The number of nitrogens with one attached hydrogen (secondary N) is 1. The molecular weight excluding hydrogens is 460 g/mol. The Hall–Kier alpha value is -2.69. The number of benzene rings is 2. The van der Waals surface area contributed by atoms with E-state index in [1.807, 2.05) is 31.2 Å². The molecule has 0 aliphatic carbocycles. The van der Waals surface area contributed by atoms with Crippen LogP contribution in [0.15, 0.2) is 63.1 Å². The molecule has 174 valence electrons. The number of amides is 1. The Labute approximate surface area is 197 Å². The standard InChI is InChI=1S/C23H26N4O4S2/c1-17-8-10-18(11-9-17)15-24-21(28)16-32-23-26-25-22(31-23)19-6-5-7-20(14-19)33(29,30)27-12-3-2-4-13-27/h5-11,14H,2-4,12-13,15-16H2,1H3,(H,24,28). The maximum absolute atomic E-state index is 12.9. The monoisotopic (exact) mass is 486 g/mol. The van der Waals surface area contributed by atoms with Crippen molar-refractivity contribution in [2.24, 2.45) is 0 Å². The van der Waals surface area contributed by atoms with Crippen molar-refractivity contribution in [3.05, 3.63) is 59.7 Å². The van der Waals surface area contributed by atoms with Crippen molar-refractivity contribution in [1.82, 2.24) is 19.8 Å². The highest BCUT2D eigenvalue weighted by Crippen LogP contribution is 2.27. The molecule has 0 radical (unpaired) electrons. The van der Waals surface area contributed by atoms with E-state index in [-0.39, 0.29) is 27.7 Å². The van der Waals surface area contributed by atoms with Crippen LogP contribution in [0.1, 0.15) is 30.4 Å². The molecule has 33 heavy (non-hydrogen) atoms. The van der Waals surface area contributed by atoms with Crippen molar-refractivity contribution >= 4 is 27.7 Å². The first-order valence-electron chi connectivity index (χ1n) is 10.8. The van der Waals surface area contributed by atoms with Crippen LogP contribution in [0.25, 0.3) is 11.5 Å². The van der Waals surface area contributed by atoms with Gasteiger partial charge in [0.2, 0.25) is 21.8 Å². The number of aromatic nitrogens is 2. The fraction of sp³-hybridized carbons (Fsp3) is 0.348. The van der Waals surface area contributed by atoms with Crippen LogP contribution in [0.5, 0.6) is 0 Å². The Kier molecular flexibility index (Phi) is 7.46. The fourth-order valence-corrected chi connectivity index (χ4v) is 5.67. The molecule has 0 spiro atoms. The van der Waals surface area contributed by atoms with Crippen molar-refractivity contribution in [1.29, 1.82) is 0 Å². The van der Waals surface area contributed by atoms with Gasteiger partial charge >= 0.3 is 0 Å². The number of hydrogen-bond donors (Lipinski definition) is 1. The fourth-order valence-electron chi connectivity index (χ4n) is 3.51. The second-order valence-electron chi connectivity index (χ2n) is 7.92. The van der Waals surface area contributed by atoms with E-state index < -0.39 is 10.0 Å². The minimum absolute atomic E-state index is 0.136. The topological polar surface area (TPSA) is 105 Å². The summed E-state index contributed by atoms with van der Waals surface area (Å²) in [5.41, 5.74) is 2.72. The Morgan fingerprint density at radius 1 is 1.09 bits per heavy atom. The third-order valence-corrected chi connectivity index (χ3v) is 8.09. The smallest absolute Gasteiger partial charge is 0.277 e. The molecule has 1 aliphatic rings. The summed E-state index contributed by atoms with van der Waals surface area (Å²) in [7, 11) is -3.55. The average Bonchev–Trinajstić information content (AvgIpc) is 3.32. The van der Waals surface area contributed by atoms with E-state index in [1.165, 1.54) is 9.87 Å². The summed E-state index contributed by atoms with van der Waals surface area (Å²) >= 11 is 1.14. The Morgan fingerprint density at radius 3 is 2.61 bits per heavy atom. The third-order valence-electron chi connectivity index (χ3n) is 5.38. The lowest BCUT2D eigenvalue weighted by molar-refractivity contribution is -0.118. The summed E-state index contributed by atoms with van der Waals surface area (Å²) in [6, 6.07) is 14.5. The van der Waals surface area contributed by atoms with E-state index in [2.05, 4.69) is 15.5 Å². The lowest BCUT2D eigenvalue weighted by Crippen LogP contribution is -2.35. The van der Waals surface area contributed by atoms with Gasteiger partial charge in [-0.3, -0.25) is 4.79 Å². The number of piperidine rings is 1. The minimum atomic E-state index is -3.55. The van der Waals surface area contributed by atoms with Gasteiger partial charge in [0.25, 0.3) is 5.22 Å². The van der Waals surface area contributed by atoms with Crippen LogP contribution in [-0.2, 0) is 21.4 Å². The molecule has 1 aromatic heterocycles. The molecule has 1 amide bonds. The van der Waals surface area contributed by atoms with Gasteiger partial charge in [0.1, 0.15) is 0 Å². The highest BCUT2D eigenvalue weighted by Gasteiger charge is 2.26. The van der Waals surface area contributed by atoms with E-state index in [0.29, 0.717) is 25.2 Å². The zero-order chi connectivity index (χ0) is 23.3. The van der Waals surface area contributed by atoms with Gasteiger partial charge in [-0.1, -0.05) is 54.1 Å². The summed E-state index contributed by atoms with van der Waals surface area (Å²) < 4.78 is 33.1. The number of rotatable bonds is 8. The molecule has 0 unspecified atom stereocenters. The second-order valence-corrected chi connectivity index (χ2v) is 10.8. The molecule has 1 N–H and O–H groups in total. The van der Waals surface area contributed by atoms with E-state index in [1.54, 1.807) is 24.3 Å². The summed E-state index contributed by atoms with van der Waals surface area (Å²) in [6.07, 6.45) is 2.81. The lowest BCUT2D eigenvalue weighted by atomic mass is 10.1. The minimum Gasteiger partial charge on any atom is -0.411 e. The number of hydrogen-bond acceptors (Lipinski definition) is 7. The normalized spacial score (nSPS) is 14.8. The first-order valence-corrected chi connectivity index (χ1v) is 13.2. The van der Waals surface area contributed by atoms with Crippen molar-refractivity contribution in [3.63, 3.8) is 0 Å². The number of sulfonamides is 1. The molecule has 0 bridgehead atoms. The van der Waals surface area contributed by atoms with Gasteiger partial charge in [-0.05, 0) is 43.5 Å². The van der Waals surface area contributed by atoms with Crippen LogP contribution in [-0.4, -0.2) is 47.7 Å². The van der Waals surface area contributed by atoms with Crippen LogP contribution in [0.4, 0.5) is 0 Å². The average molecular weight is 487 g/mol. The molecule has 10 heteroatoms. The zero-order valence-corrected chi connectivity index (χ0v) is 20.0. The van der Waals surface area contributed by atoms with Gasteiger partial charge in [0, 0.05) is 25.2 Å². The predicted octanol–water partition coefficient (Wildman–Crippen LogP) is 3.63. The van der Waals surface area contributed by atoms with Crippen LogP contribution >= 0.6 is 11.8 Å². The van der Waals surface area contributed by atoms with E-state index in [0.717, 1.165) is 36.6 Å². The van der Waals surface area contributed by atoms with Crippen molar-refractivity contribution in [2.75, 3.05) is 18.8 Å². The first kappa shape index (κ1) is 23.5. The second kappa shape index (κ2) is 10.5. The van der Waals surface area contributed by atoms with Crippen molar-refractivity contribution in [3.8, 4) is 11.5 Å². The van der Waals surface area contributed by atoms with E-state index in [4.69, 9.17) is 4.42 Å². The number of aryl methyl sites for hydroxylation is 1. The molecule has 1 fully saturated rings. The lowest BCUT2D eigenvalue weighted by Gasteiger charge is -2.25. The maximum Gasteiger partial charge on any atom is 0.277 e. The van der Waals surface area contributed by atoms with Gasteiger partial charge in [0.15, 0.2) is 0 Å². The molecule has 8 nitrogen and oxygen atoms in total. The highest BCUT2D eigenvalue weighted by atomic mass is 32.2. The largest absolute Gasteiger partial charge is 0.411 e. The summed E-state index contributed by atoms with van der Waals surface area (Å²) in [4.78, 5) is 12.4. The molecule has 3 aromatic rings. The molecule has 1 saturated heterocycles. The van der Waals surface area contributed by atoms with Gasteiger partial charge in [0.05, 0.1) is 10.6 Å². The van der Waals surface area contributed by atoms with Crippen LogP contribution in [0.3, 0.4) is 0 Å². The molecule has 2 heterocycles. The maximum atomic E-state index is 12.9. The first-order chi connectivity index (χ1) is 15.9. The Bertz CT molecular complexity index is 1200. The molecule has 0 atom stereocenters. The third kappa shape index (κ3) is 6.01. The van der Waals surface area contributed by atoms with Crippen molar-refractivity contribution in [2.45, 2.75) is 42.8 Å². The highest BCUT2D eigenvalue weighted by molar-refractivity contribution is 7.99. The molecule has 4 rings (SSSR count). The van der Waals surface area contributed by atoms with Crippen LogP contribution in [0, 0.1) is 6.92 Å². The number of thioether (sulfide) groups is 1. The van der Waals surface area contributed by atoms with Crippen LogP contribution < -0.4 is 5.32 Å². The molecular formula is C23H26N4O4S2. The summed E-state index contributed by atoms with van der Waals surface area (Å²) in [5.74, 6) is 0.208. The van der Waals surface area contributed by atoms with E-state index >= 15 is 0 Å². The van der Waals surface area contributed by atoms with Gasteiger partial charge < -0.3 is 9.73 Å². The molecule has 2 aromatic carbocycles. The summed E-state index contributed by atoms with van der Waals surface area (Å²) in [6.45, 7) is 3.55. The van der Waals surface area contributed by atoms with Gasteiger partial charge in [-0.15, -0.1) is 10.2 Å². The zero-order valence-electron chi connectivity index (χ0n) is 18.4. The van der Waals surface area contributed by atoms with E-state index in [9.17, 15) is 13.2 Å². The molecule has 0 saturated carbocycles. The molecule has 1 aliphatic heterocycles. The van der Waals surface area contributed by atoms with Crippen molar-refractivity contribution < 1.29 is 17.6 Å². The number of nitrogens with zero attached hydrogens (tertiary/aromatic N) is 3. The van der Waals surface area contributed by atoms with Gasteiger partial charge in [-0.2, -0.15) is 4.31 Å². The quantitative estimate of drug-likeness (QED) is 0.485. The Morgan fingerprint density at radius 2 is 1.85 bits per heavy atom.